The molecule has 7 heteroatoms. The van der Waals surface area contributed by atoms with E-state index in [2.05, 4.69) is 10.1 Å². The van der Waals surface area contributed by atoms with E-state index in [1.165, 1.54) is 6.42 Å². The number of pyridine rings is 1. The van der Waals surface area contributed by atoms with Gasteiger partial charge in [-0.2, -0.15) is 0 Å². The SMILES string of the molecule is COc1ccc(-n2[nH]c3c(c2=O)CCN(C(=O)C2CCCCC2)c2ncccc2-3)cc1. The number of aromatic nitrogens is 3. The van der Waals surface area contributed by atoms with Gasteiger partial charge in [0.25, 0.3) is 5.56 Å². The number of anilines is 1. The molecule has 1 amide bonds. The zero-order chi connectivity index (χ0) is 21.4. The van der Waals surface area contributed by atoms with Gasteiger partial charge in [-0.05, 0) is 55.7 Å². The molecule has 2 aliphatic rings. The third-order valence-electron chi connectivity index (χ3n) is 6.43. The molecule has 3 heterocycles. The number of ether oxygens (including phenoxy) is 1. The number of H-pyrrole nitrogens is 1. The number of amides is 1. The number of hydrogen-bond acceptors (Lipinski definition) is 4. The number of benzene rings is 1. The Morgan fingerprint density at radius 1 is 1.13 bits per heavy atom. The highest BCUT2D eigenvalue weighted by molar-refractivity contribution is 5.98. The quantitative estimate of drug-likeness (QED) is 0.703. The van der Waals surface area contributed by atoms with Gasteiger partial charge in [0.1, 0.15) is 11.6 Å². The molecule has 31 heavy (non-hydrogen) atoms. The van der Waals surface area contributed by atoms with Gasteiger partial charge in [0.15, 0.2) is 0 Å². The first-order chi connectivity index (χ1) is 15.2. The van der Waals surface area contributed by atoms with Crippen LogP contribution in [-0.4, -0.2) is 34.3 Å². The van der Waals surface area contributed by atoms with E-state index in [0.29, 0.717) is 24.3 Å². The van der Waals surface area contributed by atoms with Gasteiger partial charge in [0.05, 0.1) is 18.5 Å². The summed E-state index contributed by atoms with van der Waals surface area (Å²) in [4.78, 5) is 33.0. The van der Waals surface area contributed by atoms with E-state index in [4.69, 9.17) is 4.74 Å². The summed E-state index contributed by atoms with van der Waals surface area (Å²) in [6.45, 7) is 0.460. The van der Waals surface area contributed by atoms with Gasteiger partial charge in [0.2, 0.25) is 5.91 Å². The molecule has 0 radical (unpaired) electrons. The fraction of sp³-hybridized carbons (Fsp3) is 0.375. The molecule has 1 saturated carbocycles. The molecule has 1 aliphatic heterocycles. The number of carbonyl (C=O) groups is 1. The van der Waals surface area contributed by atoms with Crippen LogP contribution in [0.15, 0.2) is 47.4 Å². The van der Waals surface area contributed by atoms with Crippen molar-refractivity contribution in [3.63, 3.8) is 0 Å². The average molecular weight is 418 g/mol. The number of methoxy groups -OCH3 is 1. The molecule has 0 saturated heterocycles. The standard InChI is InChI=1S/C24H26N4O3/c1-31-18-11-9-17(10-12-18)28-24(30)20-13-15-27(23(29)16-6-3-2-4-7-16)22-19(21(20)26-28)8-5-14-25-22/h5,8-12,14,16,26H,2-4,6-7,13,15H2,1H3. The molecule has 7 nitrogen and oxygen atoms in total. The van der Waals surface area contributed by atoms with Crippen molar-refractivity contribution in [1.29, 1.82) is 0 Å². The van der Waals surface area contributed by atoms with Crippen LogP contribution in [0.4, 0.5) is 5.82 Å². The van der Waals surface area contributed by atoms with Crippen molar-refractivity contribution < 1.29 is 9.53 Å². The van der Waals surface area contributed by atoms with Gasteiger partial charge >= 0.3 is 0 Å². The largest absolute Gasteiger partial charge is 0.497 e. The number of fused-ring (bicyclic) bond motifs is 3. The molecule has 2 aromatic heterocycles. The predicted molar refractivity (Wildman–Crippen MR) is 119 cm³/mol. The van der Waals surface area contributed by atoms with E-state index >= 15 is 0 Å². The topological polar surface area (TPSA) is 80.2 Å². The van der Waals surface area contributed by atoms with E-state index in [0.717, 1.165) is 48.4 Å². The Bertz CT molecular complexity index is 1160. The van der Waals surface area contributed by atoms with Crippen LogP contribution in [0.2, 0.25) is 0 Å². The summed E-state index contributed by atoms with van der Waals surface area (Å²) in [7, 11) is 1.61. The number of hydrogen-bond donors (Lipinski definition) is 1. The van der Waals surface area contributed by atoms with Crippen LogP contribution >= 0.6 is 0 Å². The van der Waals surface area contributed by atoms with Gasteiger partial charge in [-0.15, -0.1) is 0 Å². The molecule has 1 aliphatic carbocycles. The van der Waals surface area contributed by atoms with Gasteiger partial charge in [-0.1, -0.05) is 19.3 Å². The second-order valence-corrected chi connectivity index (χ2v) is 8.25. The van der Waals surface area contributed by atoms with Crippen molar-refractivity contribution in [1.82, 2.24) is 14.8 Å². The van der Waals surface area contributed by atoms with Crippen LogP contribution in [0.25, 0.3) is 16.9 Å². The first-order valence-corrected chi connectivity index (χ1v) is 10.9. The van der Waals surface area contributed by atoms with Crippen LogP contribution in [0, 0.1) is 5.92 Å². The minimum Gasteiger partial charge on any atom is -0.497 e. The number of carbonyl (C=O) groups excluding carboxylic acids is 1. The van der Waals surface area contributed by atoms with Crippen molar-refractivity contribution >= 4 is 11.7 Å². The summed E-state index contributed by atoms with van der Waals surface area (Å²) in [5, 5.41) is 3.28. The number of nitrogens with one attached hydrogen (secondary N) is 1. The highest BCUT2D eigenvalue weighted by Crippen LogP contribution is 2.35. The van der Waals surface area contributed by atoms with Crippen molar-refractivity contribution in [3.8, 4) is 22.7 Å². The number of aromatic amines is 1. The molecule has 160 valence electrons. The summed E-state index contributed by atoms with van der Waals surface area (Å²) in [5.74, 6) is 1.56. The summed E-state index contributed by atoms with van der Waals surface area (Å²) >= 11 is 0. The molecule has 1 fully saturated rings. The molecular weight excluding hydrogens is 392 g/mol. The average Bonchev–Trinajstić information content (AvgIpc) is 3.06. The lowest BCUT2D eigenvalue weighted by Gasteiger charge is -2.28. The normalized spacial score (nSPS) is 16.4. The fourth-order valence-corrected chi connectivity index (χ4v) is 4.76. The molecule has 0 spiro atoms. The lowest BCUT2D eigenvalue weighted by Crippen LogP contribution is -2.39. The van der Waals surface area contributed by atoms with Crippen LogP contribution in [0.5, 0.6) is 5.75 Å². The molecule has 5 rings (SSSR count). The molecule has 1 N–H and O–H groups in total. The van der Waals surface area contributed by atoms with Crippen LogP contribution < -0.4 is 15.2 Å². The third kappa shape index (κ3) is 3.44. The Hall–Kier alpha value is -3.35. The van der Waals surface area contributed by atoms with Crippen molar-refractivity contribution in [2.24, 2.45) is 5.92 Å². The highest BCUT2D eigenvalue weighted by Gasteiger charge is 2.32. The van der Waals surface area contributed by atoms with Crippen LogP contribution in [0.1, 0.15) is 37.7 Å². The minimum absolute atomic E-state index is 0.0519. The number of rotatable bonds is 3. The molecule has 0 atom stereocenters. The maximum absolute atomic E-state index is 13.4. The summed E-state index contributed by atoms with van der Waals surface area (Å²) < 4.78 is 6.78. The Morgan fingerprint density at radius 3 is 2.65 bits per heavy atom. The van der Waals surface area contributed by atoms with E-state index in [-0.39, 0.29) is 17.4 Å². The molecule has 0 bridgehead atoms. The predicted octanol–water partition coefficient (Wildman–Crippen LogP) is 3.71. The lowest BCUT2D eigenvalue weighted by molar-refractivity contribution is -0.123. The molecule has 3 aromatic rings. The van der Waals surface area contributed by atoms with E-state index in [9.17, 15) is 9.59 Å². The number of nitrogens with zero attached hydrogens (tertiary/aromatic N) is 3. The second kappa shape index (κ2) is 8.06. The van der Waals surface area contributed by atoms with Gasteiger partial charge < -0.3 is 4.74 Å². The summed E-state index contributed by atoms with van der Waals surface area (Å²) in [5.41, 5.74) is 2.86. The molecule has 0 unspecified atom stereocenters. The fourth-order valence-electron chi connectivity index (χ4n) is 4.76. The second-order valence-electron chi connectivity index (χ2n) is 8.25. The molecule has 1 aromatic carbocycles. The monoisotopic (exact) mass is 418 g/mol. The van der Waals surface area contributed by atoms with Gasteiger partial charge in [0, 0.05) is 29.8 Å². The zero-order valence-electron chi connectivity index (χ0n) is 17.6. The summed E-state index contributed by atoms with van der Waals surface area (Å²) in [6.07, 6.45) is 7.48. The zero-order valence-corrected chi connectivity index (χ0v) is 17.6. The Labute approximate surface area is 180 Å². The van der Waals surface area contributed by atoms with E-state index in [1.807, 2.05) is 36.4 Å². The van der Waals surface area contributed by atoms with Crippen molar-refractivity contribution in [3.05, 3.63) is 58.5 Å². The Balaban J connectivity index is 1.56. The Kier molecular flexibility index (Phi) is 5.10. The maximum Gasteiger partial charge on any atom is 0.275 e. The van der Waals surface area contributed by atoms with Crippen molar-refractivity contribution in [2.45, 2.75) is 38.5 Å². The van der Waals surface area contributed by atoms with E-state index < -0.39 is 0 Å². The highest BCUT2D eigenvalue weighted by atomic mass is 16.5. The third-order valence-corrected chi connectivity index (χ3v) is 6.43. The van der Waals surface area contributed by atoms with Gasteiger partial charge in [-0.25, -0.2) is 9.67 Å². The van der Waals surface area contributed by atoms with Gasteiger partial charge in [-0.3, -0.25) is 19.6 Å². The minimum atomic E-state index is -0.0954. The van der Waals surface area contributed by atoms with E-state index in [1.54, 1.807) is 22.9 Å². The smallest absolute Gasteiger partial charge is 0.275 e. The van der Waals surface area contributed by atoms with Crippen LogP contribution in [0.3, 0.4) is 0 Å². The molecular formula is C24H26N4O3. The first-order valence-electron chi connectivity index (χ1n) is 10.9. The Morgan fingerprint density at radius 2 is 1.90 bits per heavy atom. The summed E-state index contributed by atoms with van der Waals surface area (Å²) in [6, 6.07) is 11.1. The van der Waals surface area contributed by atoms with Crippen LogP contribution in [-0.2, 0) is 11.2 Å². The lowest BCUT2D eigenvalue weighted by atomic mass is 9.88. The van der Waals surface area contributed by atoms with Crippen molar-refractivity contribution in [2.75, 3.05) is 18.6 Å². The maximum atomic E-state index is 13.4. The first kappa shape index (κ1) is 19.6.